The van der Waals surface area contributed by atoms with Crippen LogP contribution in [0.1, 0.15) is 33.2 Å². The smallest absolute Gasteiger partial charge is 0.274 e. The van der Waals surface area contributed by atoms with Crippen LogP contribution >= 0.6 is 11.3 Å². The molecule has 10 heteroatoms. The maximum absolute atomic E-state index is 12.6. The highest BCUT2D eigenvalue weighted by atomic mass is 32.1. The maximum Gasteiger partial charge on any atom is 0.274 e. The number of hydrogen-bond donors (Lipinski definition) is 2. The molecule has 2 amide bonds. The molecule has 0 saturated carbocycles. The number of aromatic nitrogens is 3. The molecule has 0 unspecified atom stereocenters. The van der Waals surface area contributed by atoms with Crippen molar-refractivity contribution in [2.24, 2.45) is 0 Å². The fourth-order valence-electron chi connectivity index (χ4n) is 2.99. The van der Waals surface area contributed by atoms with Crippen molar-refractivity contribution in [3.63, 3.8) is 0 Å². The first-order chi connectivity index (χ1) is 12.5. The van der Waals surface area contributed by atoms with Crippen molar-refractivity contribution in [3.8, 4) is 0 Å². The summed E-state index contributed by atoms with van der Waals surface area (Å²) >= 11 is 1.45. The standard InChI is InChI=1S/C16H17N5O4S/c1-9-6-11(19-25-9)14(23)17-10-2-3-20(8-13(10)22)15(24)12-7-21-4-5-26-16(21)18-12/h4-7,10,13,22H,2-3,8H2,1H3,(H,17,23)/t10-,13-/m1/s1. The van der Waals surface area contributed by atoms with E-state index in [1.807, 2.05) is 11.6 Å². The number of rotatable bonds is 3. The fraction of sp³-hybridized carbons (Fsp3) is 0.375. The second-order valence-corrected chi connectivity index (χ2v) is 7.10. The Bertz CT molecular complexity index is 932. The second-order valence-electron chi connectivity index (χ2n) is 6.23. The van der Waals surface area contributed by atoms with Crippen LogP contribution < -0.4 is 5.32 Å². The monoisotopic (exact) mass is 375 g/mol. The SMILES string of the molecule is Cc1cc(C(=O)N[C@@H]2CCN(C(=O)c3cn4ccsc4n3)C[C@H]2O)no1. The normalized spacial score (nSPS) is 20.5. The number of imidazole rings is 1. The Hall–Kier alpha value is -2.72. The lowest BCUT2D eigenvalue weighted by Crippen LogP contribution is -2.55. The van der Waals surface area contributed by atoms with Crippen molar-refractivity contribution in [2.45, 2.75) is 25.5 Å². The van der Waals surface area contributed by atoms with Gasteiger partial charge < -0.3 is 19.8 Å². The van der Waals surface area contributed by atoms with E-state index in [1.165, 1.54) is 17.4 Å². The molecule has 9 nitrogen and oxygen atoms in total. The first-order valence-electron chi connectivity index (χ1n) is 8.15. The number of aliphatic hydroxyl groups excluding tert-OH is 1. The molecule has 26 heavy (non-hydrogen) atoms. The molecule has 1 aliphatic heterocycles. The van der Waals surface area contributed by atoms with E-state index in [0.717, 1.165) is 4.96 Å². The lowest BCUT2D eigenvalue weighted by molar-refractivity contribution is 0.0310. The van der Waals surface area contributed by atoms with Gasteiger partial charge in [-0.15, -0.1) is 11.3 Å². The molecule has 0 aliphatic carbocycles. The topological polar surface area (TPSA) is 113 Å². The van der Waals surface area contributed by atoms with Gasteiger partial charge in [0.1, 0.15) is 11.5 Å². The van der Waals surface area contributed by atoms with Crippen molar-refractivity contribution in [2.75, 3.05) is 13.1 Å². The van der Waals surface area contributed by atoms with Crippen LogP contribution in [0.4, 0.5) is 0 Å². The lowest BCUT2D eigenvalue weighted by Gasteiger charge is -2.35. The van der Waals surface area contributed by atoms with Crippen molar-refractivity contribution in [3.05, 3.63) is 41.0 Å². The maximum atomic E-state index is 12.6. The predicted octanol–water partition coefficient (Wildman–Crippen LogP) is 0.698. The number of aliphatic hydroxyl groups is 1. The van der Waals surface area contributed by atoms with Crippen LogP contribution in [0.25, 0.3) is 4.96 Å². The number of β-amino-alcohol motifs (C(OH)–C–C–N with tert-alkyl or cyclic N) is 1. The molecule has 0 radical (unpaired) electrons. The van der Waals surface area contributed by atoms with E-state index in [2.05, 4.69) is 15.5 Å². The van der Waals surface area contributed by atoms with Gasteiger partial charge in [-0.3, -0.25) is 14.0 Å². The van der Waals surface area contributed by atoms with Crippen molar-refractivity contribution >= 4 is 28.1 Å². The van der Waals surface area contributed by atoms with E-state index in [0.29, 0.717) is 24.4 Å². The first-order valence-corrected chi connectivity index (χ1v) is 9.03. The van der Waals surface area contributed by atoms with Crippen LogP contribution in [0.3, 0.4) is 0 Å². The lowest BCUT2D eigenvalue weighted by atomic mass is 10.0. The molecule has 3 aromatic rings. The molecular weight excluding hydrogens is 358 g/mol. The number of piperidine rings is 1. The predicted molar refractivity (Wildman–Crippen MR) is 92.1 cm³/mol. The molecule has 0 aromatic carbocycles. The molecule has 1 saturated heterocycles. The van der Waals surface area contributed by atoms with Crippen LogP contribution in [0.2, 0.25) is 0 Å². The summed E-state index contributed by atoms with van der Waals surface area (Å²) in [7, 11) is 0. The molecule has 2 atom stereocenters. The Morgan fingerprint density at radius 2 is 2.27 bits per heavy atom. The zero-order valence-corrected chi connectivity index (χ0v) is 14.8. The summed E-state index contributed by atoms with van der Waals surface area (Å²) in [6, 6.07) is 1.08. The number of carbonyl (C=O) groups is 2. The highest BCUT2D eigenvalue weighted by Gasteiger charge is 2.33. The average Bonchev–Trinajstić information content (AvgIpc) is 3.31. The van der Waals surface area contributed by atoms with Gasteiger partial charge in [0, 0.05) is 36.9 Å². The van der Waals surface area contributed by atoms with Crippen molar-refractivity contribution < 1.29 is 19.2 Å². The Morgan fingerprint density at radius 3 is 2.96 bits per heavy atom. The van der Waals surface area contributed by atoms with Gasteiger partial charge in [-0.25, -0.2) is 4.98 Å². The number of thiazole rings is 1. The third kappa shape index (κ3) is 3.08. The van der Waals surface area contributed by atoms with E-state index in [4.69, 9.17) is 4.52 Å². The number of aryl methyl sites for hydroxylation is 1. The zero-order chi connectivity index (χ0) is 18.3. The number of nitrogens with zero attached hydrogens (tertiary/aromatic N) is 4. The largest absolute Gasteiger partial charge is 0.389 e. The molecule has 1 fully saturated rings. The minimum Gasteiger partial charge on any atom is -0.389 e. The molecule has 3 aromatic heterocycles. The number of nitrogens with one attached hydrogen (secondary N) is 1. The number of fused-ring (bicyclic) bond motifs is 1. The summed E-state index contributed by atoms with van der Waals surface area (Å²) in [5.41, 5.74) is 0.524. The Kier molecular flexibility index (Phi) is 4.21. The molecule has 2 N–H and O–H groups in total. The van der Waals surface area contributed by atoms with Gasteiger partial charge in [0.2, 0.25) is 0 Å². The average molecular weight is 375 g/mol. The van der Waals surface area contributed by atoms with Gasteiger partial charge in [0.05, 0.1) is 12.1 Å². The van der Waals surface area contributed by atoms with Crippen LogP contribution in [-0.4, -0.2) is 61.6 Å². The molecular formula is C16H17N5O4S. The quantitative estimate of drug-likeness (QED) is 0.697. The van der Waals surface area contributed by atoms with Crippen LogP contribution in [0.15, 0.2) is 28.4 Å². The minimum atomic E-state index is -0.867. The van der Waals surface area contributed by atoms with Crippen molar-refractivity contribution in [1.82, 2.24) is 24.8 Å². The van der Waals surface area contributed by atoms with Crippen LogP contribution in [-0.2, 0) is 0 Å². The molecule has 1 aliphatic rings. The molecule has 136 valence electrons. The molecule has 0 bridgehead atoms. The first kappa shape index (κ1) is 16.7. The van der Waals surface area contributed by atoms with Crippen LogP contribution in [0.5, 0.6) is 0 Å². The number of hydrogen-bond acceptors (Lipinski definition) is 7. The third-order valence-electron chi connectivity index (χ3n) is 4.36. The van der Waals surface area contributed by atoms with Gasteiger partial charge in [0.25, 0.3) is 11.8 Å². The van der Waals surface area contributed by atoms with E-state index in [-0.39, 0.29) is 18.1 Å². The molecule has 0 spiro atoms. The van der Waals surface area contributed by atoms with E-state index in [1.54, 1.807) is 22.4 Å². The number of amides is 2. The summed E-state index contributed by atoms with van der Waals surface area (Å²) < 4.78 is 6.68. The summed E-state index contributed by atoms with van der Waals surface area (Å²) in [5.74, 6) is -0.0899. The Balaban J connectivity index is 1.39. The summed E-state index contributed by atoms with van der Waals surface area (Å²) in [6.45, 7) is 2.25. The van der Waals surface area contributed by atoms with Gasteiger partial charge in [-0.1, -0.05) is 5.16 Å². The van der Waals surface area contributed by atoms with Gasteiger partial charge in [-0.05, 0) is 13.3 Å². The number of carbonyl (C=O) groups excluding carboxylic acids is 2. The Labute approximate surface area is 152 Å². The molecule has 4 rings (SSSR count). The summed E-state index contributed by atoms with van der Waals surface area (Å²) in [4.78, 5) is 31.3. The van der Waals surface area contributed by atoms with E-state index < -0.39 is 18.1 Å². The zero-order valence-electron chi connectivity index (χ0n) is 14.0. The van der Waals surface area contributed by atoms with Gasteiger partial charge >= 0.3 is 0 Å². The third-order valence-corrected chi connectivity index (χ3v) is 5.13. The Morgan fingerprint density at radius 1 is 1.42 bits per heavy atom. The minimum absolute atomic E-state index is 0.132. The van der Waals surface area contributed by atoms with Crippen LogP contribution in [0, 0.1) is 6.92 Å². The summed E-state index contributed by atoms with van der Waals surface area (Å²) in [6.07, 6.45) is 3.10. The fourth-order valence-corrected chi connectivity index (χ4v) is 3.69. The number of likely N-dealkylation sites (tertiary alicyclic amines) is 1. The molecule has 4 heterocycles. The highest BCUT2D eigenvalue weighted by Crippen LogP contribution is 2.17. The van der Waals surface area contributed by atoms with E-state index in [9.17, 15) is 14.7 Å². The second kappa shape index (κ2) is 6.54. The van der Waals surface area contributed by atoms with Gasteiger partial charge in [-0.2, -0.15) is 0 Å². The van der Waals surface area contributed by atoms with Gasteiger partial charge in [0.15, 0.2) is 10.7 Å². The highest BCUT2D eigenvalue weighted by molar-refractivity contribution is 7.15. The van der Waals surface area contributed by atoms with E-state index >= 15 is 0 Å². The summed E-state index contributed by atoms with van der Waals surface area (Å²) in [5, 5.41) is 18.7. The van der Waals surface area contributed by atoms with Crippen molar-refractivity contribution in [1.29, 1.82) is 0 Å².